The first kappa shape index (κ1) is 15.0. The molecule has 0 aromatic heterocycles. The van der Waals surface area contributed by atoms with Crippen LogP contribution < -0.4 is 5.32 Å². The molecular weight excluding hydrogens is 268 g/mol. The third-order valence-corrected chi connectivity index (χ3v) is 3.54. The Hall–Kier alpha value is -2.43. The molecular formula is C16H18N2O3. The fourth-order valence-corrected chi connectivity index (χ4v) is 2.25. The topological polar surface area (TPSA) is 66.5 Å². The van der Waals surface area contributed by atoms with Crippen LogP contribution in [-0.2, 0) is 14.4 Å². The molecule has 0 saturated carbocycles. The molecule has 0 spiro atoms. The van der Waals surface area contributed by atoms with Gasteiger partial charge in [0.15, 0.2) is 0 Å². The van der Waals surface area contributed by atoms with Crippen LogP contribution in [0.25, 0.3) is 6.08 Å². The van der Waals surface area contributed by atoms with Gasteiger partial charge in [-0.1, -0.05) is 23.8 Å². The van der Waals surface area contributed by atoms with E-state index in [0.717, 1.165) is 16.7 Å². The fraction of sp³-hybridized carbons (Fsp3) is 0.312. The van der Waals surface area contributed by atoms with Crippen molar-refractivity contribution in [1.29, 1.82) is 0 Å². The molecule has 1 aromatic carbocycles. The quantitative estimate of drug-likeness (QED) is 0.656. The van der Waals surface area contributed by atoms with Crippen LogP contribution in [0, 0.1) is 13.8 Å². The average molecular weight is 286 g/mol. The second-order valence-corrected chi connectivity index (χ2v) is 5.25. The van der Waals surface area contributed by atoms with Gasteiger partial charge in [0.1, 0.15) is 12.6 Å². The van der Waals surface area contributed by atoms with Gasteiger partial charge in [-0.05, 0) is 38.0 Å². The predicted molar refractivity (Wildman–Crippen MR) is 79.3 cm³/mol. The van der Waals surface area contributed by atoms with E-state index in [1.807, 2.05) is 32.0 Å². The third kappa shape index (κ3) is 3.37. The van der Waals surface area contributed by atoms with Crippen molar-refractivity contribution in [3.05, 3.63) is 41.0 Å². The number of hydrogen-bond acceptors (Lipinski definition) is 3. The average Bonchev–Trinajstić information content (AvgIpc) is 2.41. The molecule has 1 N–H and O–H groups in total. The first-order chi connectivity index (χ1) is 9.88. The molecule has 0 bridgehead atoms. The number of carbonyl (C=O) groups excluding carboxylic acids is 3. The third-order valence-electron chi connectivity index (χ3n) is 3.54. The van der Waals surface area contributed by atoms with E-state index in [1.165, 1.54) is 11.0 Å². The highest BCUT2D eigenvalue weighted by Gasteiger charge is 2.32. The largest absolute Gasteiger partial charge is 0.318 e. The second kappa shape index (κ2) is 5.91. The van der Waals surface area contributed by atoms with Gasteiger partial charge in [0.25, 0.3) is 0 Å². The van der Waals surface area contributed by atoms with E-state index < -0.39 is 17.9 Å². The second-order valence-electron chi connectivity index (χ2n) is 5.25. The van der Waals surface area contributed by atoms with Gasteiger partial charge in [-0.2, -0.15) is 0 Å². The molecule has 1 saturated heterocycles. The van der Waals surface area contributed by atoms with Crippen LogP contribution in [-0.4, -0.2) is 35.2 Å². The van der Waals surface area contributed by atoms with Crippen LogP contribution in [0.4, 0.5) is 0 Å². The van der Waals surface area contributed by atoms with Crippen LogP contribution in [0.15, 0.2) is 24.3 Å². The number of imide groups is 1. The Morgan fingerprint density at radius 1 is 1.33 bits per heavy atom. The zero-order valence-corrected chi connectivity index (χ0v) is 12.3. The number of nitrogens with zero attached hydrogens (tertiary/aromatic N) is 1. The SMILES string of the molecule is Cc1ccc(C=CC(=O)N2CC(=O)NC(=O)C2C)c(C)c1. The summed E-state index contributed by atoms with van der Waals surface area (Å²) in [5.74, 6) is -1.24. The lowest BCUT2D eigenvalue weighted by molar-refractivity contribution is -0.147. The molecule has 110 valence electrons. The Labute approximate surface area is 123 Å². The minimum Gasteiger partial charge on any atom is -0.318 e. The summed E-state index contributed by atoms with van der Waals surface area (Å²) in [6.45, 7) is 5.48. The zero-order chi connectivity index (χ0) is 15.6. The Bertz CT molecular complexity index is 634. The van der Waals surface area contributed by atoms with E-state index in [1.54, 1.807) is 13.0 Å². The molecule has 0 aliphatic carbocycles. The summed E-state index contributed by atoms with van der Waals surface area (Å²) in [4.78, 5) is 36.3. The van der Waals surface area contributed by atoms with Crippen LogP contribution in [0.1, 0.15) is 23.6 Å². The summed E-state index contributed by atoms with van der Waals surface area (Å²) in [5, 5.41) is 2.21. The molecule has 1 fully saturated rings. The molecule has 5 heteroatoms. The van der Waals surface area contributed by atoms with Crippen molar-refractivity contribution in [2.24, 2.45) is 0 Å². The van der Waals surface area contributed by atoms with Crippen LogP contribution in [0.5, 0.6) is 0 Å². The number of piperazine rings is 1. The van der Waals surface area contributed by atoms with Gasteiger partial charge in [0.05, 0.1) is 0 Å². The normalized spacial score (nSPS) is 19.0. The monoisotopic (exact) mass is 286 g/mol. The van der Waals surface area contributed by atoms with Gasteiger partial charge in [0.2, 0.25) is 17.7 Å². The van der Waals surface area contributed by atoms with Gasteiger partial charge in [-0.25, -0.2) is 0 Å². The van der Waals surface area contributed by atoms with Crippen LogP contribution in [0.3, 0.4) is 0 Å². The maximum absolute atomic E-state index is 12.2. The van der Waals surface area contributed by atoms with Crippen molar-refractivity contribution < 1.29 is 14.4 Å². The van der Waals surface area contributed by atoms with E-state index in [0.29, 0.717) is 0 Å². The summed E-state index contributed by atoms with van der Waals surface area (Å²) >= 11 is 0. The highest BCUT2D eigenvalue weighted by atomic mass is 16.2. The van der Waals surface area contributed by atoms with Crippen molar-refractivity contribution >= 4 is 23.8 Å². The van der Waals surface area contributed by atoms with Crippen LogP contribution in [0.2, 0.25) is 0 Å². The van der Waals surface area contributed by atoms with Crippen molar-refractivity contribution in [2.45, 2.75) is 26.8 Å². The standard InChI is InChI=1S/C16H18N2O3/c1-10-4-5-13(11(2)8-10)6-7-15(20)18-9-14(19)17-16(21)12(18)3/h4-8,12H,9H2,1-3H3,(H,17,19,21). The Balaban J connectivity index is 2.15. The van der Waals surface area contributed by atoms with E-state index in [2.05, 4.69) is 5.32 Å². The summed E-state index contributed by atoms with van der Waals surface area (Å²) < 4.78 is 0. The number of nitrogens with one attached hydrogen (secondary N) is 1. The Morgan fingerprint density at radius 2 is 2.05 bits per heavy atom. The molecule has 1 atom stereocenters. The van der Waals surface area contributed by atoms with Gasteiger partial charge in [0, 0.05) is 6.08 Å². The van der Waals surface area contributed by atoms with E-state index >= 15 is 0 Å². The van der Waals surface area contributed by atoms with Gasteiger partial charge < -0.3 is 4.90 Å². The summed E-state index contributed by atoms with van der Waals surface area (Å²) in [6.07, 6.45) is 3.11. The number of rotatable bonds is 2. The highest BCUT2D eigenvalue weighted by molar-refractivity contribution is 6.06. The number of hydrogen-bond donors (Lipinski definition) is 1. The van der Waals surface area contributed by atoms with Crippen molar-refractivity contribution in [3.63, 3.8) is 0 Å². The molecule has 5 nitrogen and oxygen atoms in total. The summed E-state index contributed by atoms with van der Waals surface area (Å²) in [5.41, 5.74) is 3.16. The van der Waals surface area contributed by atoms with E-state index in [9.17, 15) is 14.4 Å². The van der Waals surface area contributed by atoms with Gasteiger partial charge in [-0.15, -0.1) is 0 Å². The molecule has 1 heterocycles. The smallest absolute Gasteiger partial charge is 0.249 e. The number of amides is 3. The van der Waals surface area contributed by atoms with Gasteiger partial charge in [-0.3, -0.25) is 19.7 Å². The van der Waals surface area contributed by atoms with E-state index in [-0.39, 0.29) is 12.5 Å². The van der Waals surface area contributed by atoms with Gasteiger partial charge >= 0.3 is 0 Å². The molecule has 1 unspecified atom stereocenters. The lowest BCUT2D eigenvalue weighted by Crippen LogP contribution is -2.58. The maximum Gasteiger partial charge on any atom is 0.249 e. The van der Waals surface area contributed by atoms with Crippen molar-refractivity contribution in [1.82, 2.24) is 10.2 Å². The Morgan fingerprint density at radius 3 is 2.71 bits per heavy atom. The van der Waals surface area contributed by atoms with Crippen LogP contribution >= 0.6 is 0 Å². The number of carbonyl (C=O) groups is 3. The summed E-state index contributed by atoms with van der Waals surface area (Å²) in [7, 11) is 0. The lowest BCUT2D eigenvalue weighted by atomic mass is 10.1. The molecule has 3 amide bonds. The molecule has 2 rings (SSSR count). The predicted octanol–water partition coefficient (Wildman–Crippen LogP) is 1.19. The minimum atomic E-state index is -0.640. The number of aryl methyl sites for hydroxylation is 2. The molecule has 0 radical (unpaired) electrons. The first-order valence-electron chi connectivity index (χ1n) is 6.78. The first-order valence-corrected chi connectivity index (χ1v) is 6.78. The molecule has 1 aliphatic rings. The maximum atomic E-state index is 12.2. The Kier molecular flexibility index (Phi) is 4.21. The minimum absolute atomic E-state index is 0.0943. The zero-order valence-electron chi connectivity index (χ0n) is 12.3. The number of benzene rings is 1. The summed E-state index contributed by atoms with van der Waals surface area (Å²) in [6, 6.07) is 5.30. The fourth-order valence-electron chi connectivity index (χ4n) is 2.25. The highest BCUT2D eigenvalue weighted by Crippen LogP contribution is 2.13. The van der Waals surface area contributed by atoms with E-state index in [4.69, 9.17) is 0 Å². The molecule has 1 aliphatic heterocycles. The molecule has 1 aromatic rings. The van der Waals surface area contributed by atoms with Crippen molar-refractivity contribution in [3.8, 4) is 0 Å². The lowest BCUT2D eigenvalue weighted by Gasteiger charge is -2.30. The molecule has 21 heavy (non-hydrogen) atoms. The van der Waals surface area contributed by atoms with Crippen molar-refractivity contribution in [2.75, 3.05) is 6.54 Å².